The van der Waals surface area contributed by atoms with Gasteiger partial charge in [-0.15, -0.1) is 11.3 Å². The van der Waals surface area contributed by atoms with E-state index < -0.39 is 12.1 Å². The minimum atomic E-state index is -0.593. The molecule has 0 bridgehead atoms. The summed E-state index contributed by atoms with van der Waals surface area (Å²) in [5, 5.41) is 4.80. The lowest BCUT2D eigenvalue weighted by Gasteiger charge is -2.07. The highest BCUT2D eigenvalue weighted by Gasteiger charge is 2.22. The van der Waals surface area contributed by atoms with Crippen molar-refractivity contribution >= 4 is 28.4 Å². The van der Waals surface area contributed by atoms with E-state index in [1.165, 1.54) is 18.4 Å². The van der Waals surface area contributed by atoms with Crippen LogP contribution >= 0.6 is 11.3 Å². The number of rotatable bonds is 4. The molecule has 0 radical (unpaired) electrons. The summed E-state index contributed by atoms with van der Waals surface area (Å²) in [6.45, 7) is 1.97. The van der Waals surface area contributed by atoms with Crippen molar-refractivity contribution in [3.05, 3.63) is 41.3 Å². The third-order valence-corrected chi connectivity index (χ3v) is 3.65. The number of carbonyl (C=O) groups excluding carboxylic acids is 2. The van der Waals surface area contributed by atoms with Gasteiger partial charge in [-0.25, -0.2) is 9.59 Å². The van der Waals surface area contributed by atoms with Crippen LogP contribution in [0.2, 0.25) is 0 Å². The minimum Gasteiger partial charge on any atom is -0.465 e. The zero-order chi connectivity index (χ0) is 15.2. The smallest absolute Gasteiger partial charge is 0.412 e. The third-order valence-electron chi connectivity index (χ3n) is 2.76. The van der Waals surface area contributed by atoms with Crippen LogP contribution in [-0.4, -0.2) is 25.8 Å². The number of hydrogen-bond donors (Lipinski definition) is 1. The number of ether oxygens (including phenoxy) is 2. The summed E-state index contributed by atoms with van der Waals surface area (Å²) in [7, 11) is 1.31. The lowest BCUT2D eigenvalue weighted by Crippen LogP contribution is -2.15. The molecule has 1 heterocycles. The number of amides is 1. The Kier molecular flexibility index (Phi) is 4.94. The van der Waals surface area contributed by atoms with Crippen LogP contribution in [0, 0.1) is 0 Å². The normalized spacial score (nSPS) is 10.0. The first kappa shape index (κ1) is 15.1. The molecule has 0 fully saturated rings. The van der Waals surface area contributed by atoms with E-state index in [2.05, 4.69) is 5.32 Å². The molecule has 0 unspecified atom stereocenters. The van der Waals surface area contributed by atoms with Crippen LogP contribution in [-0.2, 0) is 9.47 Å². The first-order valence-corrected chi connectivity index (χ1v) is 7.24. The number of methoxy groups -OCH3 is 1. The van der Waals surface area contributed by atoms with E-state index in [0.29, 0.717) is 10.6 Å². The molecule has 0 spiro atoms. The van der Waals surface area contributed by atoms with E-state index in [9.17, 15) is 9.59 Å². The van der Waals surface area contributed by atoms with Gasteiger partial charge in [-0.1, -0.05) is 30.3 Å². The van der Waals surface area contributed by atoms with Crippen LogP contribution < -0.4 is 5.32 Å². The molecule has 5 nitrogen and oxygen atoms in total. The molecule has 0 saturated carbocycles. The number of anilines is 1. The third kappa shape index (κ3) is 3.41. The highest BCUT2D eigenvalue weighted by molar-refractivity contribution is 7.15. The molecule has 1 amide bonds. The second kappa shape index (κ2) is 6.90. The Morgan fingerprint density at radius 2 is 1.95 bits per heavy atom. The molecule has 1 N–H and O–H groups in total. The molecular formula is C15H15NO4S. The van der Waals surface area contributed by atoms with Crippen LogP contribution in [0.25, 0.3) is 11.1 Å². The predicted molar refractivity (Wildman–Crippen MR) is 81.7 cm³/mol. The maximum Gasteiger partial charge on any atom is 0.412 e. The summed E-state index contributed by atoms with van der Waals surface area (Å²) in [5.74, 6) is -0.498. The van der Waals surface area contributed by atoms with E-state index in [-0.39, 0.29) is 6.61 Å². The van der Waals surface area contributed by atoms with E-state index in [1.54, 1.807) is 6.92 Å². The van der Waals surface area contributed by atoms with E-state index in [0.717, 1.165) is 11.1 Å². The molecule has 21 heavy (non-hydrogen) atoms. The quantitative estimate of drug-likeness (QED) is 0.873. The molecule has 1 aromatic carbocycles. The van der Waals surface area contributed by atoms with Gasteiger partial charge in [0, 0.05) is 10.9 Å². The highest BCUT2D eigenvalue weighted by Crippen LogP contribution is 2.36. The molecule has 6 heteroatoms. The Hall–Kier alpha value is -2.34. The Bertz CT molecular complexity index is 636. The number of thiophene rings is 1. The lowest BCUT2D eigenvalue weighted by atomic mass is 10.0. The summed E-state index contributed by atoms with van der Waals surface area (Å²) in [6.07, 6.45) is -0.593. The molecule has 0 aliphatic carbocycles. The van der Waals surface area contributed by atoms with Crippen LogP contribution in [0.3, 0.4) is 0 Å². The van der Waals surface area contributed by atoms with Crippen LogP contribution in [0.4, 0.5) is 9.80 Å². The van der Waals surface area contributed by atoms with Gasteiger partial charge in [0.05, 0.1) is 13.7 Å². The molecule has 0 aliphatic heterocycles. The van der Waals surface area contributed by atoms with Gasteiger partial charge in [-0.2, -0.15) is 0 Å². The first-order valence-electron chi connectivity index (χ1n) is 6.36. The first-order chi connectivity index (χ1) is 10.2. The monoisotopic (exact) mass is 305 g/mol. The summed E-state index contributed by atoms with van der Waals surface area (Å²) in [5.41, 5.74) is 1.94. The van der Waals surface area contributed by atoms with Crippen LogP contribution in [0.1, 0.15) is 17.3 Å². The fourth-order valence-electron chi connectivity index (χ4n) is 1.84. The van der Waals surface area contributed by atoms with Crippen molar-refractivity contribution in [2.75, 3.05) is 19.0 Å². The van der Waals surface area contributed by atoms with Crippen molar-refractivity contribution < 1.29 is 19.1 Å². The Labute approximate surface area is 126 Å². The van der Waals surface area contributed by atoms with Gasteiger partial charge in [0.15, 0.2) is 0 Å². The SMILES string of the molecule is CCOC(=O)Nc1scc(-c2ccccc2)c1C(=O)OC. The van der Waals surface area contributed by atoms with Crippen molar-refractivity contribution in [3.8, 4) is 11.1 Å². The number of hydrogen-bond acceptors (Lipinski definition) is 5. The van der Waals surface area contributed by atoms with E-state index >= 15 is 0 Å². The molecule has 0 saturated heterocycles. The number of esters is 1. The predicted octanol–water partition coefficient (Wildman–Crippen LogP) is 3.77. The van der Waals surface area contributed by atoms with Crippen molar-refractivity contribution in [2.24, 2.45) is 0 Å². The van der Waals surface area contributed by atoms with Crippen LogP contribution in [0.15, 0.2) is 35.7 Å². The van der Waals surface area contributed by atoms with Gasteiger partial charge in [0.25, 0.3) is 0 Å². The highest BCUT2D eigenvalue weighted by atomic mass is 32.1. The fourth-order valence-corrected chi connectivity index (χ4v) is 2.79. The molecule has 2 aromatic rings. The number of carbonyl (C=O) groups is 2. The maximum absolute atomic E-state index is 12.0. The van der Waals surface area contributed by atoms with Gasteiger partial charge in [-0.05, 0) is 12.5 Å². The maximum atomic E-state index is 12.0. The topological polar surface area (TPSA) is 64.6 Å². The zero-order valence-electron chi connectivity index (χ0n) is 11.7. The number of nitrogens with one attached hydrogen (secondary N) is 1. The van der Waals surface area contributed by atoms with Gasteiger partial charge in [0.1, 0.15) is 10.6 Å². The fraction of sp³-hybridized carbons (Fsp3) is 0.200. The molecule has 0 atom stereocenters. The van der Waals surface area contributed by atoms with Crippen molar-refractivity contribution in [2.45, 2.75) is 6.92 Å². The van der Waals surface area contributed by atoms with Crippen molar-refractivity contribution in [1.29, 1.82) is 0 Å². The van der Waals surface area contributed by atoms with Gasteiger partial charge in [0.2, 0.25) is 0 Å². The summed E-state index contributed by atoms with van der Waals surface area (Å²) in [4.78, 5) is 23.6. The second-order valence-corrected chi connectivity index (χ2v) is 4.94. The average Bonchev–Trinajstić information content (AvgIpc) is 2.91. The molecule has 1 aromatic heterocycles. The zero-order valence-corrected chi connectivity index (χ0v) is 12.5. The van der Waals surface area contributed by atoms with Crippen LogP contribution in [0.5, 0.6) is 0 Å². The Morgan fingerprint density at radius 3 is 2.57 bits per heavy atom. The van der Waals surface area contributed by atoms with Gasteiger partial charge >= 0.3 is 12.1 Å². The second-order valence-electron chi connectivity index (χ2n) is 4.06. The van der Waals surface area contributed by atoms with Gasteiger partial charge < -0.3 is 9.47 Å². The Balaban J connectivity index is 2.41. The molecular weight excluding hydrogens is 290 g/mol. The molecule has 110 valence electrons. The van der Waals surface area contributed by atoms with Crippen molar-refractivity contribution in [1.82, 2.24) is 0 Å². The largest absolute Gasteiger partial charge is 0.465 e. The molecule has 0 aliphatic rings. The van der Waals surface area contributed by atoms with E-state index in [4.69, 9.17) is 9.47 Å². The summed E-state index contributed by atoms with van der Waals surface area (Å²) in [6, 6.07) is 9.44. The molecule has 2 rings (SSSR count). The van der Waals surface area contributed by atoms with E-state index in [1.807, 2.05) is 35.7 Å². The average molecular weight is 305 g/mol. The standard InChI is InChI=1S/C15H15NO4S/c1-3-20-15(18)16-13-12(14(17)19-2)11(9-21-13)10-7-5-4-6-8-10/h4-9H,3H2,1-2H3,(H,16,18). The minimum absolute atomic E-state index is 0.260. The van der Waals surface area contributed by atoms with Gasteiger partial charge in [-0.3, -0.25) is 5.32 Å². The van der Waals surface area contributed by atoms with Crippen molar-refractivity contribution in [3.63, 3.8) is 0 Å². The number of benzene rings is 1. The lowest BCUT2D eigenvalue weighted by molar-refractivity contribution is 0.0603. The summed E-state index contributed by atoms with van der Waals surface area (Å²) < 4.78 is 9.65. The summed E-state index contributed by atoms with van der Waals surface area (Å²) >= 11 is 1.26. The Morgan fingerprint density at radius 1 is 1.24 bits per heavy atom.